The van der Waals surface area contributed by atoms with Gasteiger partial charge in [0.05, 0.1) is 0 Å². The third kappa shape index (κ3) is 2.88. The number of ketones is 1. The molecule has 2 N–H and O–H groups in total. The molecule has 5 heteroatoms. The number of Topliss-reactive ketones (excluding diaryl/α,β-unsaturated/α-hetero) is 1. The van der Waals surface area contributed by atoms with Crippen LogP contribution >= 0.6 is 11.8 Å². The van der Waals surface area contributed by atoms with Crippen LogP contribution in [0, 0.1) is 0 Å². The summed E-state index contributed by atoms with van der Waals surface area (Å²) in [5, 5.41) is 10.5. The van der Waals surface area contributed by atoms with Crippen LogP contribution in [0.4, 0.5) is 0 Å². The standard InChI is InChI=1S/C12H12N2O2S/c1-8(15)9-2-3-11(16)10(6-9)7-17-12-13-4-5-14-12/h2-6,16H,7H2,1H3,(H,13,14). The molecule has 17 heavy (non-hydrogen) atoms. The van der Waals surface area contributed by atoms with Crippen LogP contribution in [0.3, 0.4) is 0 Å². The Morgan fingerprint density at radius 1 is 1.53 bits per heavy atom. The average Bonchev–Trinajstić information content (AvgIpc) is 2.80. The number of nitrogens with zero attached hydrogens (tertiary/aromatic N) is 1. The Bertz CT molecular complexity index is 523. The number of rotatable bonds is 4. The van der Waals surface area contributed by atoms with E-state index in [4.69, 9.17) is 0 Å². The number of nitrogens with one attached hydrogen (secondary N) is 1. The van der Waals surface area contributed by atoms with E-state index in [1.807, 2.05) is 0 Å². The van der Waals surface area contributed by atoms with Gasteiger partial charge in [0.25, 0.3) is 0 Å². The van der Waals surface area contributed by atoms with Gasteiger partial charge in [0.15, 0.2) is 10.9 Å². The Balaban J connectivity index is 2.14. The van der Waals surface area contributed by atoms with Gasteiger partial charge in [-0.15, -0.1) is 0 Å². The summed E-state index contributed by atoms with van der Waals surface area (Å²) in [4.78, 5) is 18.3. The summed E-state index contributed by atoms with van der Waals surface area (Å²) in [5.74, 6) is 0.767. The highest BCUT2D eigenvalue weighted by molar-refractivity contribution is 7.98. The van der Waals surface area contributed by atoms with Crippen molar-refractivity contribution in [3.8, 4) is 5.75 Å². The zero-order valence-electron chi connectivity index (χ0n) is 9.30. The second kappa shape index (κ2) is 5.05. The molecule has 4 nitrogen and oxygen atoms in total. The fraction of sp³-hybridized carbons (Fsp3) is 0.167. The number of hydrogen-bond donors (Lipinski definition) is 2. The largest absolute Gasteiger partial charge is 0.508 e. The fourth-order valence-electron chi connectivity index (χ4n) is 1.40. The number of phenolic OH excluding ortho intramolecular Hbond substituents is 1. The van der Waals surface area contributed by atoms with Gasteiger partial charge in [-0.3, -0.25) is 4.79 Å². The zero-order chi connectivity index (χ0) is 12.3. The van der Waals surface area contributed by atoms with Crippen molar-refractivity contribution in [2.24, 2.45) is 0 Å². The molecule has 88 valence electrons. The molecular weight excluding hydrogens is 236 g/mol. The first-order valence-electron chi connectivity index (χ1n) is 5.12. The first-order chi connectivity index (χ1) is 8.16. The maximum Gasteiger partial charge on any atom is 0.165 e. The summed E-state index contributed by atoms with van der Waals surface area (Å²) in [7, 11) is 0. The average molecular weight is 248 g/mol. The number of phenols is 1. The van der Waals surface area contributed by atoms with Gasteiger partial charge >= 0.3 is 0 Å². The smallest absolute Gasteiger partial charge is 0.165 e. The molecule has 0 fully saturated rings. The van der Waals surface area contributed by atoms with Crippen molar-refractivity contribution in [1.82, 2.24) is 9.97 Å². The van der Waals surface area contributed by atoms with Crippen molar-refractivity contribution >= 4 is 17.5 Å². The molecule has 0 saturated carbocycles. The molecule has 0 bridgehead atoms. The van der Waals surface area contributed by atoms with E-state index in [-0.39, 0.29) is 11.5 Å². The molecule has 2 rings (SSSR count). The number of aromatic amines is 1. The van der Waals surface area contributed by atoms with Crippen LogP contribution in [0.25, 0.3) is 0 Å². The van der Waals surface area contributed by atoms with Gasteiger partial charge in [0.2, 0.25) is 0 Å². The summed E-state index contributed by atoms with van der Waals surface area (Å²) in [6.45, 7) is 1.51. The lowest BCUT2D eigenvalue weighted by molar-refractivity contribution is 0.101. The molecule has 0 radical (unpaired) electrons. The molecule has 0 spiro atoms. The van der Waals surface area contributed by atoms with Crippen LogP contribution in [-0.2, 0) is 5.75 Å². The van der Waals surface area contributed by atoms with Crippen molar-refractivity contribution < 1.29 is 9.90 Å². The third-order valence-electron chi connectivity index (χ3n) is 2.32. The Labute approximate surface area is 103 Å². The molecular formula is C12H12N2O2S. The molecule has 0 unspecified atom stereocenters. The SMILES string of the molecule is CC(=O)c1ccc(O)c(CSc2ncc[nH]2)c1. The minimum absolute atomic E-state index is 0.00533. The van der Waals surface area contributed by atoms with E-state index in [2.05, 4.69) is 9.97 Å². The molecule has 0 aliphatic rings. The normalized spacial score (nSPS) is 10.4. The van der Waals surface area contributed by atoms with E-state index in [0.29, 0.717) is 11.3 Å². The summed E-state index contributed by atoms with van der Waals surface area (Å²) in [5.41, 5.74) is 1.34. The molecule has 0 saturated heterocycles. The van der Waals surface area contributed by atoms with Crippen molar-refractivity contribution in [1.29, 1.82) is 0 Å². The highest BCUT2D eigenvalue weighted by Crippen LogP contribution is 2.26. The first kappa shape index (κ1) is 11.7. The summed E-state index contributed by atoms with van der Waals surface area (Å²) in [6, 6.07) is 4.89. The molecule has 2 aromatic rings. The molecule has 1 aromatic carbocycles. The zero-order valence-corrected chi connectivity index (χ0v) is 10.1. The lowest BCUT2D eigenvalue weighted by Crippen LogP contribution is -1.93. The minimum atomic E-state index is -0.00533. The summed E-state index contributed by atoms with van der Waals surface area (Å²) < 4.78 is 0. The molecule has 1 heterocycles. The second-order valence-corrected chi connectivity index (χ2v) is 4.55. The van der Waals surface area contributed by atoms with E-state index in [0.717, 1.165) is 10.7 Å². The van der Waals surface area contributed by atoms with E-state index in [1.54, 1.807) is 30.6 Å². The highest BCUT2D eigenvalue weighted by atomic mass is 32.2. The van der Waals surface area contributed by atoms with Gasteiger partial charge in [0.1, 0.15) is 5.75 Å². The number of thioether (sulfide) groups is 1. The van der Waals surface area contributed by atoms with E-state index < -0.39 is 0 Å². The van der Waals surface area contributed by atoms with Gasteiger partial charge < -0.3 is 10.1 Å². The monoisotopic (exact) mass is 248 g/mol. The molecule has 0 amide bonds. The number of H-pyrrole nitrogens is 1. The second-order valence-electron chi connectivity index (χ2n) is 3.58. The van der Waals surface area contributed by atoms with Crippen LogP contribution < -0.4 is 0 Å². The number of carbonyl (C=O) groups excluding carboxylic acids is 1. The maximum atomic E-state index is 11.2. The molecule has 1 aromatic heterocycles. The Kier molecular flexibility index (Phi) is 3.49. The quantitative estimate of drug-likeness (QED) is 0.644. The first-order valence-corrected chi connectivity index (χ1v) is 6.10. The Morgan fingerprint density at radius 3 is 3.00 bits per heavy atom. The topological polar surface area (TPSA) is 66.0 Å². The third-order valence-corrected chi connectivity index (χ3v) is 3.28. The van der Waals surface area contributed by atoms with Crippen LogP contribution in [0.5, 0.6) is 5.75 Å². The van der Waals surface area contributed by atoms with Crippen LogP contribution in [0.2, 0.25) is 0 Å². The molecule has 0 atom stereocenters. The summed E-state index contributed by atoms with van der Waals surface area (Å²) >= 11 is 1.48. The number of aromatic nitrogens is 2. The van der Waals surface area contributed by atoms with Crippen LogP contribution in [0.1, 0.15) is 22.8 Å². The minimum Gasteiger partial charge on any atom is -0.508 e. The predicted octanol–water partition coefficient (Wildman–Crippen LogP) is 2.61. The van der Waals surface area contributed by atoms with Crippen molar-refractivity contribution in [3.63, 3.8) is 0 Å². The summed E-state index contributed by atoms with van der Waals surface area (Å²) in [6.07, 6.45) is 3.42. The maximum absolute atomic E-state index is 11.2. The lowest BCUT2D eigenvalue weighted by atomic mass is 10.1. The molecule has 0 aliphatic carbocycles. The number of carbonyl (C=O) groups is 1. The Morgan fingerprint density at radius 2 is 2.35 bits per heavy atom. The van der Waals surface area contributed by atoms with Gasteiger partial charge in [-0.05, 0) is 25.1 Å². The van der Waals surface area contributed by atoms with E-state index in [9.17, 15) is 9.90 Å². The van der Waals surface area contributed by atoms with Crippen molar-refractivity contribution in [3.05, 3.63) is 41.7 Å². The van der Waals surface area contributed by atoms with Gasteiger partial charge in [0, 0.05) is 29.3 Å². The highest BCUT2D eigenvalue weighted by Gasteiger charge is 2.07. The van der Waals surface area contributed by atoms with E-state index in [1.165, 1.54) is 18.7 Å². The molecule has 0 aliphatic heterocycles. The fourth-order valence-corrected chi connectivity index (χ4v) is 2.21. The predicted molar refractivity (Wildman–Crippen MR) is 66.3 cm³/mol. The lowest BCUT2D eigenvalue weighted by Gasteiger charge is -2.05. The number of aromatic hydroxyl groups is 1. The van der Waals surface area contributed by atoms with Crippen LogP contribution in [-0.4, -0.2) is 20.9 Å². The van der Waals surface area contributed by atoms with Crippen molar-refractivity contribution in [2.45, 2.75) is 17.8 Å². The van der Waals surface area contributed by atoms with Crippen molar-refractivity contribution in [2.75, 3.05) is 0 Å². The van der Waals surface area contributed by atoms with Gasteiger partial charge in [-0.25, -0.2) is 4.98 Å². The van der Waals surface area contributed by atoms with E-state index >= 15 is 0 Å². The number of imidazole rings is 1. The number of hydrogen-bond acceptors (Lipinski definition) is 4. The van der Waals surface area contributed by atoms with Gasteiger partial charge in [-0.2, -0.15) is 0 Å². The Hall–Kier alpha value is -1.75. The van der Waals surface area contributed by atoms with Gasteiger partial charge in [-0.1, -0.05) is 11.8 Å². The number of benzene rings is 1. The van der Waals surface area contributed by atoms with Crippen LogP contribution in [0.15, 0.2) is 35.7 Å².